The van der Waals surface area contributed by atoms with E-state index in [2.05, 4.69) is 11.9 Å². The SMILES string of the molecule is CCSC(N)=NC(C)C. The zero-order chi connectivity index (χ0) is 7.28. The molecule has 0 amide bonds. The van der Waals surface area contributed by atoms with Crippen LogP contribution in [-0.2, 0) is 0 Å². The van der Waals surface area contributed by atoms with Gasteiger partial charge in [-0.2, -0.15) is 0 Å². The van der Waals surface area contributed by atoms with Crippen molar-refractivity contribution in [3.63, 3.8) is 0 Å². The van der Waals surface area contributed by atoms with Crippen molar-refractivity contribution in [3.8, 4) is 0 Å². The first kappa shape index (κ1) is 8.82. The van der Waals surface area contributed by atoms with E-state index in [-0.39, 0.29) is 0 Å². The number of aliphatic imine (C=N–C) groups is 1. The molecule has 54 valence electrons. The first-order chi connectivity index (χ1) is 4.16. The normalized spacial score (nSPS) is 12.7. The maximum absolute atomic E-state index is 5.50. The lowest BCUT2D eigenvalue weighted by Gasteiger charge is -1.98. The minimum absolute atomic E-state index is 0.323. The molecule has 0 aliphatic heterocycles. The van der Waals surface area contributed by atoms with Gasteiger partial charge in [-0.25, -0.2) is 0 Å². The van der Waals surface area contributed by atoms with Gasteiger partial charge >= 0.3 is 0 Å². The molecule has 0 rings (SSSR count). The highest BCUT2D eigenvalue weighted by atomic mass is 32.2. The molecule has 0 heterocycles. The smallest absolute Gasteiger partial charge is 0.154 e. The summed E-state index contributed by atoms with van der Waals surface area (Å²) in [6, 6.07) is 0.323. The third-order valence-electron chi connectivity index (χ3n) is 0.678. The summed E-state index contributed by atoms with van der Waals surface area (Å²) in [6.45, 7) is 6.10. The van der Waals surface area contributed by atoms with E-state index >= 15 is 0 Å². The van der Waals surface area contributed by atoms with Crippen LogP contribution < -0.4 is 5.73 Å². The van der Waals surface area contributed by atoms with Crippen molar-refractivity contribution >= 4 is 16.9 Å². The summed E-state index contributed by atoms with van der Waals surface area (Å²) >= 11 is 1.59. The van der Waals surface area contributed by atoms with Gasteiger partial charge in [0.15, 0.2) is 5.17 Å². The molecule has 0 aromatic carbocycles. The largest absolute Gasteiger partial charge is 0.379 e. The molecule has 3 heteroatoms. The molecule has 0 spiro atoms. The summed E-state index contributed by atoms with van der Waals surface area (Å²) in [5.41, 5.74) is 5.50. The van der Waals surface area contributed by atoms with Crippen molar-refractivity contribution in [2.75, 3.05) is 5.75 Å². The van der Waals surface area contributed by atoms with E-state index in [1.54, 1.807) is 11.8 Å². The molecular weight excluding hydrogens is 132 g/mol. The van der Waals surface area contributed by atoms with Crippen LogP contribution in [0.4, 0.5) is 0 Å². The highest BCUT2D eigenvalue weighted by Gasteiger charge is 1.91. The van der Waals surface area contributed by atoms with E-state index in [0.717, 1.165) is 5.75 Å². The van der Waals surface area contributed by atoms with E-state index in [1.165, 1.54) is 0 Å². The van der Waals surface area contributed by atoms with Crippen molar-refractivity contribution in [3.05, 3.63) is 0 Å². The Bertz CT molecular complexity index is 99.2. The minimum Gasteiger partial charge on any atom is -0.379 e. The maximum atomic E-state index is 5.50. The second-order valence-electron chi connectivity index (χ2n) is 1.99. The van der Waals surface area contributed by atoms with Crippen LogP contribution in [0.1, 0.15) is 20.8 Å². The van der Waals surface area contributed by atoms with Crippen LogP contribution >= 0.6 is 11.8 Å². The van der Waals surface area contributed by atoms with Gasteiger partial charge in [-0.3, -0.25) is 4.99 Å². The van der Waals surface area contributed by atoms with Gasteiger partial charge in [-0.1, -0.05) is 18.7 Å². The monoisotopic (exact) mass is 146 g/mol. The molecule has 0 saturated carbocycles. The van der Waals surface area contributed by atoms with Gasteiger partial charge in [0.05, 0.1) is 0 Å². The summed E-state index contributed by atoms with van der Waals surface area (Å²) in [5, 5.41) is 0.701. The number of hydrogen-bond acceptors (Lipinski definition) is 2. The zero-order valence-electron chi connectivity index (χ0n) is 6.22. The van der Waals surface area contributed by atoms with Crippen molar-refractivity contribution < 1.29 is 0 Å². The van der Waals surface area contributed by atoms with Gasteiger partial charge in [0.1, 0.15) is 0 Å². The fraction of sp³-hybridized carbons (Fsp3) is 0.833. The lowest BCUT2D eigenvalue weighted by Crippen LogP contribution is -2.09. The van der Waals surface area contributed by atoms with E-state index in [0.29, 0.717) is 11.2 Å². The van der Waals surface area contributed by atoms with Crippen LogP contribution in [0.5, 0.6) is 0 Å². The van der Waals surface area contributed by atoms with E-state index in [9.17, 15) is 0 Å². The molecular formula is C6H14N2S. The van der Waals surface area contributed by atoms with E-state index in [4.69, 9.17) is 5.73 Å². The fourth-order valence-electron chi connectivity index (χ4n) is 0.440. The van der Waals surface area contributed by atoms with Crippen LogP contribution in [0.15, 0.2) is 4.99 Å². The molecule has 0 saturated heterocycles. The van der Waals surface area contributed by atoms with Gasteiger partial charge in [-0.15, -0.1) is 0 Å². The Morgan fingerprint density at radius 1 is 1.67 bits per heavy atom. The zero-order valence-corrected chi connectivity index (χ0v) is 7.03. The van der Waals surface area contributed by atoms with Gasteiger partial charge in [0, 0.05) is 6.04 Å². The van der Waals surface area contributed by atoms with Crippen molar-refractivity contribution in [2.24, 2.45) is 10.7 Å². The molecule has 0 aromatic heterocycles. The average molecular weight is 146 g/mol. The van der Waals surface area contributed by atoms with Crippen LogP contribution in [0.25, 0.3) is 0 Å². The lowest BCUT2D eigenvalue weighted by molar-refractivity contribution is 0.838. The molecule has 9 heavy (non-hydrogen) atoms. The van der Waals surface area contributed by atoms with Crippen molar-refractivity contribution in [1.29, 1.82) is 0 Å². The number of nitrogens with two attached hydrogens (primary N) is 1. The molecule has 0 radical (unpaired) electrons. The van der Waals surface area contributed by atoms with Crippen LogP contribution in [-0.4, -0.2) is 17.0 Å². The number of hydrogen-bond donors (Lipinski definition) is 1. The molecule has 0 fully saturated rings. The molecule has 0 atom stereocenters. The number of nitrogens with zero attached hydrogens (tertiary/aromatic N) is 1. The van der Waals surface area contributed by atoms with Gasteiger partial charge in [0.2, 0.25) is 0 Å². The Hall–Kier alpha value is -0.180. The Labute approximate surface area is 60.9 Å². The highest BCUT2D eigenvalue weighted by Crippen LogP contribution is 1.99. The van der Waals surface area contributed by atoms with Crippen molar-refractivity contribution in [2.45, 2.75) is 26.8 Å². The summed E-state index contributed by atoms with van der Waals surface area (Å²) in [7, 11) is 0. The fourth-order valence-corrected chi connectivity index (χ4v) is 1.02. The maximum Gasteiger partial charge on any atom is 0.154 e. The predicted octanol–water partition coefficient (Wildman–Crippen LogP) is 1.46. The molecule has 0 bridgehead atoms. The molecule has 0 aliphatic carbocycles. The topological polar surface area (TPSA) is 38.4 Å². The second kappa shape index (κ2) is 4.68. The summed E-state index contributed by atoms with van der Waals surface area (Å²) in [6.07, 6.45) is 0. The first-order valence-corrected chi connectivity index (χ1v) is 4.11. The third-order valence-corrected chi connectivity index (χ3v) is 1.37. The Balaban J connectivity index is 3.55. The predicted molar refractivity (Wildman–Crippen MR) is 44.9 cm³/mol. The molecule has 0 aromatic rings. The van der Waals surface area contributed by atoms with E-state index in [1.807, 2.05) is 13.8 Å². The Kier molecular flexibility index (Phi) is 4.58. The number of rotatable bonds is 2. The second-order valence-corrected chi connectivity index (χ2v) is 3.28. The van der Waals surface area contributed by atoms with Crippen molar-refractivity contribution in [1.82, 2.24) is 0 Å². The average Bonchev–Trinajstić information content (AvgIpc) is 1.63. The minimum atomic E-state index is 0.323. The van der Waals surface area contributed by atoms with Gasteiger partial charge < -0.3 is 5.73 Å². The molecule has 2 N–H and O–H groups in total. The first-order valence-electron chi connectivity index (χ1n) is 3.13. The lowest BCUT2D eigenvalue weighted by atomic mass is 10.4. The summed E-state index contributed by atoms with van der Waals surface area (Å²) in [5.74, 6) is 1.00. The van der Waals surface area contributed by atoms with Crippen LogP contribution in [0, 0.1) is 0 Å². The molecule has 2 nitrogen and oxygen atoms in total. The quantitative estimate of drug-likeness (QED) is 0.473. The summed E-state index contributed by atoms with van der Waals surface area (Å²) in [4.78, 5) is 4.12. The van der Waals surface area contributed by atoms with Gasteiger partial charge in [0.25, 0.3) is 0 Å². The van der Waals surface area contributed by atoms with E-state index < -0.39 is 0 Å². The molecule has 0 aliphatic rings. The number of thioether (sulfide) groups is 1. The number of amidine groups is 1. The van der Waals surface area contributed by atoms with Crippen LogP contribution in [0.2, 0.25) is 0 Å². The van der Waals surface area contributed by atoms with Gasteiger partial charge in [-0.05, 0) is 19.6 Å². The standard InChI is InChI=1S/C6H14N2S/c1-4-9-6(7)8-5(2)3/h5H,4H2,1-3H3,(H2,7,8). The third kappa shape index (κ3) is 5.69. The highest BCUT2D eigenvalue weighted by molar-refractivity contribution is 8.13. The molecule has 0 unspecified atom stereocenters. The summed E-state index contributed by atoms with van der Waals surface area (Å²) < 4.78 is 0. The van der Waals surface area contributed by atoms with Crippen LogP contribution in [0.3, 0.4) is 0 Å². The Morgan fingerprint density at radius 3 is 2.56 bits per heavy atom. The Morgan fingerprint density at radius 2 is 2.22 bits per heavy atom.